The van der Waals surface area contributed by atoms with E-state index < -0.39 is 0 Å². The van der Waals surface area contributed by atoms with Crippen LogP contribution in [0.5, 0.6) is 0 Å². The molecule has 2 rings (SSSR count). The van der Waals surface area contributed by atoms with Crippen LogP contribution >= 0.6 is 12.4 Å². The lowest BCUT2D eigenvalue weighted by Crippen LogP contribution is -2.32. The predicted octanol–water partition coefficient (Wildman–Crippen LogP) is 3.29. The van der Waals surface area contributed by atoms with Crippen LogP contribution in [-0.2, 0) is 11.3 Å². The van der Waals surface area contributed by atoms with Gasteiger partial charge in [0.05, 0.1) is 0 Å². The average molecular weight is 285 g/mol. The van der Waals surface area contributed by atoms with Gasteiger partial charge in [-0.1, -0.05) is 12.8 Å². The maximum atomic E-state index is 11.6. The molecule has 0 unspecified atom stereocenters. The van der Waals surface area contributed by atoms with E-state index in [0.717, 1.165) is 29.8 Å². The quantitative estimate of drug-likeness (QED) is 0.927. The molecule has 0 aromatic carbocycles. The lowest BCUT2D eigenvalue weighted by molar-refractivity contribution is 0.135. The van der Waals surface area contributed by atoms with Gasteiger partial charge in [-0.05, 0) is 44.4 Å². The van der Waals surface area contributed by atoms with Crippen LogP contribution in [0.25, 0.3) is 0 Å². The molecular weight excluding hydrogens is 264 g/mol. The summed E-state index contributed by atoms with van der Waals surface area (Å²) in [4.78, 5) is 15.9. The summed E-state index contributed by atoms with van der Waals surface area (Å²) >= 11 is 0. The number of nitrogens with zero attached hydrogens (tertiary/aromatic N) is 1. The molecule has 1 fully saturated rings. The van der Waals surface area contributed by atoms with Gasteiger partial charge < -0.3 is 10.1 Å². The molecule has 1 aliphatic carbocycles. The molecule has 19 heavy (non-hydrogen) atoms. The number of halogens is 1. The maximum absolute atomic E-state index is 11.6. The molecule has 0 aliphatic heterocycles. The van der Waals surface area contributed by atoms with Crippen LogP contribution < -0.4 is 5.32 Å². The van der Waals surface area contributed by atoms with Crippen molar-refractivity contribution in [1.29, 1.82) is 0 Å². The molecule has 1 aromatic rings. The number of amides is 1. The fraction of sp³-hybridized carbons (Fsp3) is 0.571. The number of carbonyl (C=O) groups excluding carboxylic acids is 1. The zero-order valence-electron chi connectivity index (χ0n) is 11.4. The van der Waals surface area contributed by atoms with E-state index in [4.69, 9.17) is 4.74 Å². The van der Waals surface area contributed by atoms with Crippen molar-refractivity contribution in [3.63, 3.8) is 0 Å². The van der Waals surface area contributed by atoms with E-state index in [1.807, 2.05) is 26.0 Å². The zero-order valence-corrected chi connectivity index (χ0v) is 12.3. The van der Waals surface area contributed by atoms with Gasteiger partial charge in [-0.3, -0.25) is 4.98 Å². The largest absolute Gasteiger partial charge is 0.445 e. The molecule has 1 heterocycles. The van der Waals surface area contributed by atoms with Crippen molar-refractivity contribution in [2.75, 3.05) is 0 Å². The summed E-state index contributed by atoms with van der Waals surface area (Å²) in [5, 5.41) is 2.90. The van der Waals surface area contributed by atoms with Crippen LogP contribution in [0.2, 0.25) is 0 Å². The number of hydrogen-bond acceptors (Lipinski definition) is 3. The van der Waals surface area contributed by atoms with E-state index in [1.54, 1.807) is 0 Å². The van der Waals surface area contributed by atoms with Crippen LogP contribution in [0.1, 0.15) is 42.6 Å². The van der Waals surface area contributed by atoms with Gasteiger partial charge in [-0.25, -0.2) is 4.79 Å². The Morgan fingerprint density at radius 3 is 2.47 bits per heavy atom. The molecule has 1 N–H and O–H groups in total. The highest BCUT2D eigenvalue weighted by Gasteiger charge is 2.17. The van der Waals surface area contributed by atoms with Crippen molar-refractivity contribution in [3.05, 3.63) is 29.1 Å². The Hall–Kier alpha value is -1.29. The van der Waals surface area contributed by atoms with Crippen LogP contribution in [0.15, 0.2) is 12.1 Å². The summed E-state index contributed by atoms with van der Waals surface area (Å²) in [5.41, 5.74) is 2.89. The van der Waals surface area contributed by atoms with Gasteiger partial charge in [-0.15, -0.1) is 12.4 Å². The molecular formula is C14H21ClN2O2. The Bertz CT molecular complexity index is 411. The molecule has 0 spiro atoms. The molecule has 1 amide bonds. The standard InChI is InChI=1S/C14H20N2O2.ClH/c1-10-7-12(8-11(2)15-10)9-18-14(17)16-13-5-3-4-6-13;/h7-8,13H,3-6,9H2,1-2H3,(H,16,17);1H. The van der Waals surface area contributed by atoms with Crippen molar-refractivity contribution in [1.82, 2.24) is 10.3 Å². The lowest BCUT2D eigenvalue weighted by Gasteiger charge is -2.12. The third-order valence-electron chi connectivity index (χ3n) is 3.19. The smallest absolute Gasteiger partial charge is 0.407 e. The van der Waals surface area contributed by atoms with E-state index >= 15 is 0 Å². The highest BCUT2D eigenvalue weighted by Crippen LogP contribution is 2.17. The third kappa shape index (κ3) is 5.07. The molecule has 1 aliphatic rings. The first-order valence-electron chi connectivity index (χ1n) is 6.51. The molecule has 1 saturated carbocycles. The van der Waals surface area contributed by atoms with E-state index in [9.17, 15) is 4.79 Å². The van der Waals surface area contributed by atoms with Gasteiger partial charge in [0.1, 0.15) is 6.61 Å². The van der Waals surface area contributed by atoms with Gasteiger partial charge in [0.15, 0.2) is 0 Å². The first-order valence-corrected chi connectivity index (χ1v) is 6.51. The number of carbonyl (C=O) groups is 1. The molecule has 0 atom stereocenters. The first kappa shape index (κ1) is 15.8. The summed E-state index contributed by atoms with van der Waals surface area (Å²) < 4.78 is 5.22. The number of alkyl carbamates (subject to hydrolysis) is 1. The van der Waals surface area contributed by atoms with Crippen LogP contribution in [0, 0.1) is 13.8 Å². The van der Waals surface area contributed by atoms with E-state index in [2.05, 4.69) is 10.3 Å². The number of hydrogen-bond donors (Lipinski definition) is 1. The Kier molecular flexibility index (Phi) is 6.09. The second-order valence-electron chi connectivity index (χ2n) is 4.96. The summed E-state index contributed by atoms with van der Waals surface area (Å²) in [6.07, 6.45) is 4.24. The van der Waals surface area contributed by atoms with E-state index in [-0.39, 0.29) is 18.5 Å². The second-order valence-corrected chi connectivity index (χ2v) is 4.96. The molecule has 5 heteroatoms. The zero-order chi connectivity index (χ0) is 13.0. The highest BCUT2D eigenvalue weighted by molar-refractivity contribution is 5.85. The van der Waals surface area contributed by atoms with Crippen molar-refractivity contribution in [3.8, 4) is 0 Å². The summed E-state index contributed by atoms with van der Waals surface area (Å²) in [6, 6.07) is 4.18. The highest BCUT2D eigenvalue weighted by atomic mass is 35.5. The lowest BCUT2D eigenvalue weighted by atomic mass is 10.2. The van der Waals surface area contributed by atoms with Crippen molar-refractivity contribution in [2.45, 2.75) is 52.2 Å². The number of nitrogens with one attached hydrogen (secondary N) is 1. The van der Waals surface area contributed by atoms with Crippen molar-refractivity contribution >= 4 is 18.5 Å². The second kappa shape index (κ2) is 7.34. The minimum Gasteiger partial charge on any atom is -0.445 e. The van der Waals surface area contributed by atoms with E-state index in [1.165, 1.54) is 12.8 Å². The van der Waals surface area contributed by atoms with Gasteiger partial charge >= 0.3 is 6.09 Å². The number of aromatic nitrogens is 1. The predicted molar refractivity (Wildman–Crippen MR) is 76.5 cm³/mol. The van der Waals surface area contributed by atoms with Crippen molar-refractivity contribution in [2.24, 2.45) is 0 Å². The number of rotatable bonds is 3. The van der Waals surface area contributed by atoms with Gasteiger partial charge in [-0.2, -0.15) is 0 Å². The maximum Gasteiger partial charge on any atom is 0.407 e. The SMILES string of the molecule is Cc1cc(COC(=O)NC2CCCC2)cc(C)n1.Cl. The Balaban J connectivity index is 0.00000180. The fourth-order valence-electron chi connectivity index (χ4n) is 2.43. The number of ether oxygens (including phenoxy) is 1. The molecule has 4 nitrogen and oxygen atoms in total. The van der Waals surface area contributed by atoms with Crippen molar-refractivity contribution < 1.29 is 9.53 Å². The Labute approximate surface area is 120 Å². The molecule has 106 valence electrons. The van der Waals surface area contributed by atoms with E-state index in [0.29, 0.717) is 12.6 Å². The minimum atomic E-state index is -0.311. The Morgan fingerprint density at radius 1 is 1.32 bits per heavy atom. The summed E-state index contributed by atoms with van der Waals surface area (Å²) in [7, 11) is 0. The third-order valence-corrected chi connectivity index (χ3v) is 3.19. The molecule has 0 radical (unpaired) electrons. The van der Waals surface area contributed by atoms with Gasteiger partial charge in [0.2, 0.25) is 0 Å². The molecule has 0 saturated heterocycles. The number of aryl methyl sites for hydroxylation is 2. The van der Waals surface area contributed by atoms with Gasteiger partial charge in [0, 0.05) is 17.4 Å². The first-order chi connectivity index (χ1) is 8.63. The topological polar surface area (TPSA) is 51.2 Å². The summed E-state index contributed by atoms with van der Waals surface area (Å²) in [6.45, 7) is 4.19. The van der Waals surface area contributed by atoms with Crippen LogP contribution in [0.4, 0.5) is 4.79 Å². The average Bonchev–Trinajstić information content (AvgIpc) is 2.78. The van der Waals surface area contributed by atoms with Gasteiger partial charge in [0.25, 0.3) is 0 Å². The fourth-order valence-corrected chi connectivity index (χ4v) is 2.43. The number of pyridine rings is 1. The van der Waals surface area contributed by atoms with Crippen LogP contribution in [0.3, 0.4) is 0 Å². The van der Waals surface area contributed by atoms with Crippen LogP contribution in [-0.4, -0.2) is 17.1 Å². The minimum absolute atomic E-state index is 0. The normalized spacial score (nSPS) is 14.8. The molecule has 0 bridgehead atoms. The summed E-state index contributed by atoms with van der Waals surface area (Å²) in [5.74, 6) is 0. The molecule has 1 aromatic heterocycles. The Morgan fingerprint density at radius 2 is 1.89 bits per heavy atom. The monoisotopic (exact) mass is 284 g/mol.